The van der Waals surface area contributed by atoms with Gasteiger partial charge in [0, 0.05) is 0 Å². The Morgan fingerprint density at radius 1 is 0.893 bits per heavy atom. The number of hydrogen-bond acceptors (Lipinski definition) is 5. The largest absolute Gasteiger partial charge is 0.497 e. The third-order valence-electron chi connectivity index (χ3n) is 5.45. The first kappa shape index (κ1) is 20.2. The average molecular weight is 385 g/mol. The number of amides is 1. The maximum Gasteiger partial charge on any atom is 0.287 e. The molecule has 0 aliphatic heterocycles. The number of hydroxylamine groups is 2. The number of methoxy groups -OCH3 is 2. The van der Waals surface area contributed by atoms with Gasteiger partial charge in [-0.1, -0.05) is 43.5 Å². The molecule has 2 aromatic rings. The van der Waals surface area contributed by atoms with E-state index >= 15 is 0 Å². The Labute approximate surface area is 165 Å². The third-order valence-corrected chi connectivity index (χ3v) is 5.45. The van der Waals surface area contributed by atoms with E-state index in [-0.39, 0.29) is 6.04 Å². The highest BCUT2D eigenvalue weighted by atomic mass is 16.5. The monoisotopic (exact) mass is 385 g/mol. The van der Waals surface area contributed by atoms with Crippen LogP contribution >= 0.6 is 0 Å². The molecule has 1 saturated carbocycles. The van der Waals surface area contributed by atoms with E-state index in [1.165, 1.54) is 0 Å². The summed E-state index contributed by atoms with van der Waals surface area (Å²) in [6, 6.07) is 13.0. The molecule has 1 aliphatic rings. The van der Waals surface area contributed by atoms with Gasteiger partial charge in [-0.2, -0.15) is 0 Å². The number of ether oxygens (including phenoxy) is 2. The number of carbonyl (C=O) groups excluding carboxylic acids is 1. The molecule has 0 atom stereocenters. The van der Waals surface area contributed by atoms with Crippen LogP contribution in [-0.4, -0.2) is 41.5 Å². The van der Waals surface area contributed by atoms with Gasteiger partial charge in [-0.3, -0.25) is 10.0 Å². The molecule has 6 nitrogen and oxygen atoms in total. The molecule has 150 valence electrons. The zero-order valence-corrected chi connectivity index (χ0v) is 16.3. The van der Waals surface area contributed by atoms with Crippen LogP contribution < -0.4 is 9.47 Å². The molecule has 1 amide bonds. The molecule has 28 heavy (non-hydrogen) atoms. The van der Waals surface area contributed by atoms with E-state index in [4.69, 9.17) is 9.47 Å². The molecule has 0 spiro atoms. The van der Waals surface area contributed by atoms with Gasteiger partial charge in [0.2, 0.25) is 0 Å². The Balaban J connectivity index is 2.02. The maximum absolute atomic E-state index is 13.3. The van der Waals surface area contributed by atoms with Crippen molar-refractivity contribution in [3.63, 3.8) is 0 Å². The maximum atomic E-state index is 13.3. The van der Waals surface area contributed by atoms with Crippen molar-refractivity contribution in [3.8, 4) is 11.5 Å². The molecule has 0 aromatic heterocycles. The van der Waals surface area contributed by atoms with Crippen molar-refractivity contribution >= 4 is 5.91 Å². The van der Waals surface area contributed by atoms with Crippen LogP contribution in [0.4, 0.5) is 0 Å². The lowest BCUT2D eigenvalue weighted by atomic mass is 9.84. The number of nitrogens with zero attached hydrogens (tertiary/aromatic N) is 1. The fourth-order valence-electron chi connectivity index (χ4n) is 3.74. The van der Waals surface area contributed by atoms with Gasteiger partial charge >= 0.3 is 0 Å². The van der Waals surface area contributed by atoms with Crippen molar-refractivity contribution in [2.75, 3.05) is 14.2 Å². The van der Waals surface area contributed by atoms with Crippen LogP contribution in [0.15, 0.2) is 48.5 Å². The summed E-state index contributed by atoms with van der Waals surface area (Å²) in [5.41, 5.74) is -1.30. The van der Waals surface area contributed by atoms with Crippen molar-refractivity contribution in [2.45, 2.75) is 43.7 Å². The van der Waals surface area contributed by atoms with Crippen LogP contribution in [-0.2, 0) is 10.4 Å². The fourth-order valence-corrected chi connectivity index (χ4v) is 3.74. The Bertz CT molecular complexity index is 734. The molecule has 2 aromatic carbocycles. The molecule has 0 bridgehead atoms. The topological polar surface area (TPSA) is 79.2 Å². The van der Waals surface area contributed by atoms with Gasteiger partial charge in [0.25, 0.3) is 5.91 Å². The molecule has 1 fully saturated rings. The quantitative estimate of drug-likeness (QED) is 0.588. The average Bonchev–Trinajstić information content (AvgIpc) is 2.78. The fraction of sp³-hybridized carbons (Fsp3) is 0.409. The van der Waals surface area contributed by atoms with E-state index in [1.54, 1.807) is 62.8 Å². The Morgan fingerprint density at radius 2 is 1.32 bits per heavy atom. The first-order valence-electron chi connectivity index (χ1n) is 9.54. The zero-order valence-electron chi connectivity index (χ0n) is 16.3. The highest BCUT2D eigenvalue weighted by Crippen LogP contribution is 2.35. The van der Waals surface area contributed by atoms with Crippen LogP contribution in [0.5, 0.6) is 11.5 Å². The van der Waals surface area contributed by atoms with Crippen LogP contribution in [0.25, 0.3) is 0 Å². The van der Waals surface area contributed by atoms with Gasteiger partial charge in [0.05, 0.1) is 20.3 Å². The summed E-state index contributed by atoms with van der Waals surface area (Å²) in [6.45, 7) is 0. The lowest BCUT2D eigenvalue weighted by Gasteiger charge is -2.36. The predicted octanol–water partition coefficient (Wildman–Crippen LogP) is 3.49. The van der Waals surface area contributed by atoms with E-state index in [2.05, 4.69) is 0 Å². The molecule has 1 aliphatic carbocycles. The third kappa shape index (κ3) is 3.84. The summed E-state index contributed by atoms with van der Waals surface area (Å²) in [6.07, 6.45) is 4.46. The van der Waals surface area contributed by atoms with E-state index in [0.29, 0.717) is 22.6 Å². The van der Waals surface area contributed by atoms with Crippen molar-refractivity contribution < 1.29 is 24.6 Å². The summed E-state index contributed by atoms with van der Waals surface area (Å²) in [7, 11) is 3.10. The summed E-state index contributed by atoms with van der Waals surface area (Å²) >= 11 is 0. The lowest BCUT2D eigenvalue weighted by Crippen LogP contribution is -2.50. The molecule has 0 radical (unpaired) electrons. The second kappa shape index (κ2) is 8.63. The first-order valence-corrected chi connectivity index (χ1v) is 9.54. The molecule has 6 heteroatoms. The minimum Gasteiger partial charge on any atom is -0.497 e. The summed E-state index contributed by atoms with van der Waals surface area (Å²) in [5.74, 6) is 0.470. The highest BCUT2D eigenvalue weighted by Gasteiger charge is 2.44. The number of carbonyl (C=O) groups is 1. The Kier molecular flexibility index (Phi) is 6.21. The van der Waals surface area contributed by atoms with Gasteiger partial charge in [-0.05, 0) is 48.2 Å². The number of benzene rings is 2. The van der Waals surface area contributed by atoms with E-state index < -0.39 is 11.5 Å². The Morgan fingerprint density at radius 3 is 1.71 bits per heavy atom. The summed E-state index contributed by atoms with van der Waals surface area (Å²) in [4.78, 5) is 13.3. The van der Waals surface area contributed by atoms with Gasteiger partial charge in [-0.25, -0.2) is 5.06 Å². The molecule has 0 unspecified atom stereocenters. The van der Waals surface area contributed by atoms with Crippen molar-refractivity contribution in [1.82, 2.24) is 5.06 Å². The van der Waals surface area contributed by atoms with E-state index in [0.717, 1.165) is 37.2 Å². The highest BCUT2D eigenvalue weighted by molar-refractivity contribution is 5.89. The van der Waals surface area contributed by atoms with Crippen LogP contribution in [0, 0.1) is 0 Å². The van der Waals surface area contributed by atoms with E-state index in [9.17, 15) is 15.1 Å². The normalized spacial score (nSPS) is 15.1. The second-order valence-electron chi connectivity index (χ2n) is 7.11. The van der Waals surface area contributed by atoms with Crippen LogP contribution in [0.2, 0.25) is 0 Å². The van der Waals surface area contributed by atoms with Gasteiger partial charge in [0.15, 0.2) is 5.60 Å². The number of aliphatic hydroxyl groups is 1. The Hall–Kier alpha value is -2.57. The minimum absolute atomic E-state index is 0.288. The SMILES string of the molecule is COc1ccc(C(O)(C(=O)N(O)C2CCCCC2)c2ccc(OC)cc2)cc1. The summed E-state index contributed by atoms with van der Waals surface area (Å²) < 4.78 is 10.4. The number of hydrogen-bond donors (Lipinski definition) is 2. The van der Waals surface area contributed by atoms with Crippen LogP contribution in [0.3, 0.4) is 0 Å². The molecule has 0 heterocycles. The summed E-state index contributed by atoms with van der Waals surface area (Å²) in [5, 5.41) is 23.0. The second-order valence-corrected chi connectivity index (χ2v) is 7.11. The molecule has 2 N–H and O–H groups in total. The van der Waals surface area contributed by atoms with Gasteiger partial charge in [0.1, 0.15) is 11.5 Å². The first-order chi connectivity index (χ1) is 13.5. The molecular weight excluding hydrogens is 358 g/mol. The van der Waals surface area contributed by atoms with Gasteiger partial charge in [-0.15, -0.1) is 0 Å². The number of rotatable bonds is 6. The van der Waals surface area contributed by atoms with Crippen molar-refractivity contribution in [2.24, 2.45) is 0 Å². The lowest BCUT2D eigenvalue weighted by molar-refractivity contribution is -0.195. The zero-order chi connectivity index (χ0) is 20.1. The molecule has 0 saturated heterocycles. The molecule has 3 rings (SSSR count). The minimum atomic E-state index is -2.02. The predicted molar refractivity (Wildman–Crippen MR) is 104 cm³/mol. The smallest absolute Gasteiger partial charge is 0.287 e. The van der Waals surface area contributed by atoms with E-state index in [1.807, 2.05) is 0 Å². The van der Waals surface area contributed by atoms with Crippen molar-refractivity contribution in [3.05, 3.63) is 59.7 Å². The van der Waals surface area contributed by atoms with Crippen LogP contribution in [0.1, 0.15) is 43.2 Å². The standard InChI is InChI=1S/C22H27NO5/c1-27-19-12-8-16(9-13-19)22(25,17-10-14-20(28-2)15-11-17)21(24)23(26)18-6-4-3-5-7-18/h8-15,18,25-26H,3-7H2,1-2H3. The van der Waals surface area contributed by atoms with Gasteiger partial charge < -0.3 is 14.6 Å². The van der Waals surface area contributed by atoms with Crippen molar-refractivity contribution in [1.29, 1.82) is 0 Å². The molecular formula is C22H27NO5.